The standard InChI is InChI=1S/C9H14N4/c10-13-9-6-11-8(5-12-9)7-3-1-2-4-7/h5-7H,1-4,10H2,(H,12,13). The number of rotatable bonds is 2. The molecule has 1 aromatic heterocycles. The van der Waals surface area contributed by atoms with Gasteiger partial charge in [-0.1, -0.05) is 12.8 Å². The second kappa shape index (κ2) is 3.70. The molecule has 0 amide bonds. The average Bonchev–Trinajstić information content (AvgIpc) is 2.71. The van der Waals surface area contributed by atoms with Crippen LogP contribution in [0.4, 0.5) is 5.82 Å². The quantitative estimate of drug-likeness (QED) is 0.531. The van der Waals surface area contributed by atoms with Gasteiger partial charge in [0.15, 0.2) is 5.82 Å². The molecule has 1 heterocycles. The van der Waals surface area contributed by atoms with Crippen molar-refractivity contribution in [3.8, 4) is 0 Å². The van der Waals surface area contributed by atoms with Gasteiger partial charge in [0.25, 0.3) is 0 Å². The molecule has 0 radical (unpaired) electrons. The van der Waals surface area contributed by atoms with Crippen LogP contribution in [0.25, 0.3) is 0 Å². The molecule has 0 atom stereocenters. The number of nitrogens with zero attached hydrogens (tertiary/aromatic N) is 2. The van der Waals surface area contributed by atoms with Crippen LogP contribution in [0.5, 0.6) is 0 Å². The van der Waals surface area contributed by atoms with Gasteiger partial charge >= 0.3 is 0 Å². The number of nitrogens with two attached hydrogens (primary N) is 1. The third kappa shape index (κ3) is 1.78. The summed E-state index contributed by atoms with van der Waals surface area (Å²) in [6.45, 7) is 0. The van der Waals surface area contributed by atoms with Crippen molar-refractivity contribution in [2.24, 2.45) is 5.84 Å². The monoisotopic (exact) mass is 178 g/mol. The molecule has 1 aliphatic rings. The molecule has 0 aromatic carbocycles. The highest BCUT2D eigenvalue weighted by molar-refractivity contribution is 5.29. The van der Waals surface area contributed by atoms with E-state index in [0.717, 1.165) is 5.69 Å². The van der Waals surface area contributed by atoms with Crippen LogP contribution in [0.15, 0.2) is 12.4 Å². The third-order valence-electron chi connectivity index (χ3n) is 2.59. The van der Waals surface area contributed by atoms with Crippen LogP contribution in [0, 0.1) is 0 Å². The zero-order valence-corrected chi connectivity index (χ0v) is 7.53. The van der Waals surface area contributed by atoms with E-state index in [9.17, 15) is 0 Å². The van der Waals surface area contributed by atoms with E-state index in [4.69, 9.17) is 5.84 Å². The maximum absolute atomic E-state index is 5.20. The van der Waals surface area contributed by atoms with Crippen molar-refractivity contribution in [2.45, 2.75) is 31.6 Å². The first-order valence-electron chi connectivity index (χ1n) is 4.68. The summed E-state index contributed by atoms with van der Waals surface area (Å²) in [4.78, 5) is 8.47. The molecule has 2 rings (SSSR count). The van der Waals surface area contributed by atoms with Crippen LogP contribution in [0.3, 0.4) is 0 Å². The van der Waals surface area contributed by atoms with E-state index in [2.05, 4.69) is 15.4 Å². The normalized spacial score (nSPS) is 17.6. The Hall–Kier alpha value is -1.16. The molecular formula is C9H14N4. The molecule has 0 spiro atoms. The Labute approximate surface area is 77.5 Å². The number of hydrogen-bond acceptors (Lipinski definition) is 4. The molecule has 1 fully saturated rings. The molecule has 70 valence electrons. The fraction of sp³-hybridized carbons (Fsp3) is 0.556. The van der Waals surface area contributed by atoms with Gasteiger partial charge in [0.05, 0.1) is 18.1 Å². The summed E-state index contributed by atoms with van der Waals surface area (Å²) in [6, 6.07) is 0. The van der Waals surface area contributed by atoms with Crippen molar-refractivity contribution in [1.82, 2.24) is 9.97 Å². The Morgan fingerprint density at radius 2 is 2.00 bits per heavy atom. The Morgan fingerprint density at radius 1 is 1.23 bits per heavy atom. The summed E-state index contributed by atoms with van der Waals surface area (Å²) < 4.78 is 0. The number of aromatic nitrogens is 2. The molecule has 4 nitrogen and oxygen atoms in total. The van der Waals surface area contributed by atoms with E-state index in [-0.39, 0.29) is 0 Å². The van der Waals surface area contributed by atoms with Gasteiger partial charge in [-0.2, -0.15) is 0 Å². The SMILES string of the molecule is NNc1cnc(C2CCCC2)cn1. The minimum Gasteiger partial charge on any atom is -0.307 e. The van der Waals surface area contributed by atoms with Crippen molar-refractivity contribution >= 4 is 5.82 Å². The van der Waals surface area contributed by atoms with Crippen LogP contribution in [0.1, 0.15) is 37.3 Å². The van der Waals surface area contributed by atoms with E-state index in [1.165, 1.54) is 25.7 Å². The molecule has 1 aromatic rings. The molecule has 3 N–H and O–H groups in total. The van der Waals surface area contributed by atoms with E-state index < -0.39 is 0 Å². The summed E-state index contributed by atoms with van der Waals surface area (Å²) in [7, 11) is 0. The summed E-state index contributed by atoms with van der Waals surface area (Å²) in [5.74, 6) is 6.45. The van der Waals surface area contributed by atoms with Crippen molar-refractivity contribution in [1.29, 1.82) is 0 Å². The highest BCUT2D eigenvalue weighted by Gasteiger charge is 2.18. The fourth-order valence-corrected chi connectivity index (χ4v) is 1.84. The average molecular weight is 178 g/mol. The maximum Gasteiger partial charge on any atom is 0.158 e. The lowest BCUT2D eigenvalue weighted by atomic mass is 10.1. The van der Waals surface area contributed by atoms with Crippen molar-refractivity contribution in [3.05, 3.63) is 18.1 Å². The minimum absolute atomic E-state index is 0.624. The lowest BCUT2D eigenvalue weighted by Gasteiger charge is -2.07. The third-order valence-corrected chi connectivity index (χ3v) is 2.59. The number of nitrogens with one attached hydrogen (secondary N) is 1. The first-order valence-corrected chi connectivity index (χ1v) is 4.68. The molecule has 0 saturated heterocycles. The van der Waals surface area contributed by atoms with E-state index in [1.807, 2.05) is 6.20 Å². The van der Waals surface area contributed by atoms with Crippen molar-refractivity contribution < 1.29 is 0 Å². The predicted octanol–water partition coefficient (Wildman–Crippen LogP) is 1.42. The largest absolute Gasteiger partial charge is 0.307 e. The summed E-state index contributed by atoms with van der Waals surface area (Å²) in [5, 5.41) is 0. The molecule has 0 unspecified atom stereocenters. The molecule has 1 aliphatic carbocycles. The lowest BCUT2D eigenvalue weighted by molar-refractivity contribution is 0.692. The fourth-order valence-electron chi connectivity index (χ4n) is 1.84. The van der Waals surface area contributed by atoms with Crippen molar-refractivity contribution in [3.63, 3.8) is 0 Å². The maximum atomic E-state index is 5.20. The van der Waals surface area contributed by atoms with Crippen LogP contribution in [-0.4, -0.2) is 9.97 Å². The Morgan fingerprint density at radius 3 is 2.54 bits per heavy atom. The second-order valence-electron chi connectivity index (χ2n) is 3.45. The Bertz CT molecular complexity index is 263. The second-order valence-corrected chi connectivity index (χ2v) is 3.45. The summed E-state index contributed by atoms with van der Waals surface area (Å²) >= 11 is 0. The van der Waals surface area contributed by atoms with Crippen LogP contribution >= 0.6 is 0 Å². The molecule has 4 heteroatoms. The van der Waals surface area contributed by atoms with E-state index in [0.29, 0.717) is 11.7 Å². The van der Waals surface area contributed by atoms with Gasteiger partial charge in [-0.15, -0.1) is 0 Å². The molecular weight excluding hydrogens is 164 g/mol. The van der Waals surface area contributed by atoms with Gasteiger partial charge in [0.2, 0.25) is 0 Å². The summed E-state index contributed by atoms with van der Waals surface area (Å²) in [5.41, 5.74) is 3.58. The zero-order valence-electron chi connectivity index (χ0n) is 7.53. The highest BCUT2D eigenvalue weighted by Crippen LogP contribution is 2.32. The highest BCUT2D eigenvalue weighted by atomic mass is 15.3. The van der Waals surface area contributed by atoms with Crippen LogP contribution in [-0.2, 0) is 0 Å². The van der Waals surface area contributed by atoms with Gasteiger partial charge in [0, 0.05) is 5.92 Å². The van der Waals surface area contributed by atoms with Crippen molar-refractivity contribution in [2.75, 3.05) is 5.43 Å². The van der Waals surface area contributed by atoms with Gasteiger partial charge in [-0.3, -0.25) is 4.98 Å². The smallest absolute Gasteiger partial charge is 0.158 e. The van der Waals surface area contributed by atoms with Gasteiger partial charge in [-0.05, 0) is 12.8 Å². The van der Waals surface area contributed by atoms with E-state index in [1.54, 1.807) is 6.20 Å². The topological polar surface area (TPSA) is 63.8 Å². The molecule has 13 heavy (non-hydrogen) atoms. The molecule has 0 bridgehead atoms. The van der Waals surface area contributed by atoms with Gasteiger partial charge in [0.1, 0.15) is 0 Å². The number of hydrogen-bond donors (Lipinski definition) is 2. The summed E-state index contributed by atoms with van der Waals surface area (Å²) in [6.07, 6.45) is 8.67. The number of hydrazine groups is 1. The number of nitrogen functional groups attached to an aromatic ring is 1. The van der Waals surface area contributed by atoms with E-state index >= 15 is 0 Å². The lowest BCUT2D eigenvalue weighted by Crippen LogP contribution is -2.09. The Kier molecular flexibility index (Phi) is 2.40. The van der Waals surface area contributed by atoms with Crippen LogP contribution in [0.2, 0.25) is 0 Å². The first-order chi connectivity index (χ1) is 6.40. The first kappa shape index (κ1) is 8.44. The van der Waals surface area contributed by atoms with Crippen LogP contribution < -0.4 is 11.3 Å². The molecule has 0 aliphatic heterocycles. The van der Waals surface area contributed by atoms with Gasteiger partial charge in [-0.25, -0.2) is 10.8 Å². The minimum atomic E-state index is 0.624. The molecule has 1 saturated carbocycles. The predicted molar refractivity (Wildman–Crippen MR) is 51.1 cm³/mol. The van der Waals surface area contributed by atoms with Gasteiger partial charge < -0.3 is 5.43 Å². The number of anilines is 1. The zero-order chi connectivity index (χ0) is 9.10. The Balaban J connectivity index is 2.12.